The maximum Gasteiger partial charge on any atom is 0.223 e. The average molecular weight is 290 g/mol. The summed E-state index contributed by atoms with van der Waals surface area (Å²) in [4.78, 5) is 15.9. The number of amides is 1. The van der Waals surface area contributed by atoms with Gasteiger partial charge in [-0.3, -0.25) is 4.79 Å². The number of carbonyl (C=O) groups excluding carboxylic acids is 1. The van der Waals surface area contributed by atoms with Crippen LogP contribution in [0.4, 0.5) is 0 Å². The smallest absolute Gasteiger partial charge is 0.223 e. The van der Waals surface area contributed by atoms with Gasteiger partial charge in [0.25, 0.3) is 0 Å². The lowest BCUT2D eigenvalue weighted by Crippen LogP contribution is -2.36. The van der Waals surface area contributed by atoms with Gasteiger partial charge in [-0.15, -0.1) is 0 Å². The Hall–Kier alpha value is -0.620. The first-order valence-electron chi connectivity index (χ1n) is 6.92. The van der Waals surface area contributed by atoms with Crippen molar-refractivity contribution in [2.24, 2.45) is 5.92 Å². The molecule has 1 unspecified atom stereocenters. The first-order chi connectivity index (χ1) is 8.78. The van der Waals surface area contributed by atoms with E-state index in [9.17, 15) is 13.2 Å². The average Bonchev–Trinajstić information content (AvgIpc) is 2.77. The minimum atomic E-state index is -3.06. The van der Waals surface area contributed by atoms with Gasteiger partial charge in [0.2, 0.25) is 5.91 Å². The summed E-state index contributed by atoms with van der Waals surface area (Å²) in [5, 5.41) is 0. The Morgan fingerprint density at radius 1 is 1.32 bits per heavy atom. The molecule has 0 saturated carbocycles. The van der Waals surface area contributed by atoms with Crippen molar-refractivity contribution in [3.8, 4) is 0 Å². The van der Waals surface area contributed by atoms with Crippen molar-refractivity contribution in [2.75, 3.05) is 45.2 Å². The lowest BCUT2D eigenvalue weighted by atomic mass is 10.1. The summed E-state index contributed by atoms with van der Waals surface area (Å²) in [6.45, 7) is 6.17. The van der Waals surface area contributed by atoms with Gasteiger partial charge in [-0.1, -0.05) is 6.92 Å². The molecule has 0 aromatic rings. The van der Waals surface area contributed by atoms with Gasteiger partial charge >= 0.3 is 0 Å². The molecule has 1 aliphatic rings. The number of carbonyl (C=O) groups is 1. The third-order valence-corrected chi connectivity index (χ3v) is 4.41. The van der Waals surface area contributed by atoms with Gasteiger partial charge in [-0.2, -0.15) is 0 Å². The van der Waals surface area contributed by atoms with Crippen LogP contribution in [-0.2, 0) is 14.6 Å². The van der Waals surface area contributed by atoms with E-state index in [1.54, 1.807) is 11.9 Å². The third-order valence-electron chi connectivity index (χ3n) is 3.47. The maximum absolute atomic E-state index is 11.8. The second kappa shape index (κ2) is 7.24. The van der Waals surface area contributed by atoms with Crippen LogP contribution in [0, 0.1) is 5.92 Å². The van der Waals surface area contributed by atoms with E-state index in [0.717, 1.165) is 25.9 Å². The lowest BCUT2D eigenvalue weighted by molar-refractivity contribution is -0.130. The first kappa shape index (κ1) is 16.4. The highest BCUT2D eigenvalue weighted by molar-refractivity contribution is 7.90. The van der Waals surface area contributed by atoms with Crippen molar-refractivity contribution < 1.29 is 13.2 Å². The Kier molecular flexibility index (Phi) is 6.26. The molecule has 0 aromatic carbocycles. The van der Waals surface area contributed by atoms with Crippen molar-refractivity contribution in [1.29, 1.82) is 0 Å². The van der Waals surface area contributed by atoms with Gasteiger partial charge in [0, 0.05) is 32.8 Å². The largest absolute Gasteiger partial charge is 0.345 e. The Morgan fingerprint density at radius 2 is 1.89 bits per heavy atom. The molecule has 0 aromatic heterocycles. The molecule has 5 nitrogen and oxygen atoms in total. The molecule has 1 amide bonds. The zero-order valence-electron chi connectivity index (χ0n) is 12.3. The molecule has 1 fully saturated rings. The van der Waals surface area contributed by atoms with Crippen molar-refractivity contribution in [1.82, 2.24) is 9.80 Å². The number of hydrogen-bond donors (Lipinski definition) is 0. The van der Waals surface area contributed by atoms with Crippen molar-refractivity contribution in [3.05, 3.63) is 0 Å². The van der Waals surface area contributed by atoms with Crippen molar-refractivity contribution in [3.63, 3.8) is 0 Å². The van der Waals surface area contributed by atoms with Gasteiger partial charge in [-0.25, -0.2) is 8.42 Å². The summed E-state index contributed by atoms with van der Waals surface area (Å²) >= 11 is 0. The Labute approximate surface area is 116 Å². The minimum absolute atomic E-state index is 0.0588. The van der Waals surface area contributed by atoms with Crippen LogP contribution in [0.5, 0.6) is 0 Å². The number of sulfone groups is 1. The zero-order chi connectivity index (χ0) is 14.5. The topological polar surface area (TPSA) is 57.7 Å². The second-order valence-electron chi connectivity index (χ2n) is 5.77. The van der Waals surface area contributed by atoms with Crippen molar-refractivity contribution in [2.45, 2.75) is 26.2 Å². The van der Waals surface area contributed by atoms with E-state index in [1.807, 2.05) is 0 Å². The van der Waals surface area contributed by atoms with Crippen molar-refractivity contribution >= 4 is 15.7 Å². The number of likely N-dealkylation sites (tertiary alicyclic amines) is 1. The summed E-state index contributed by atoms with van der Waals surface area (Å²) in [7, 11) is -1.30. The monoisotopic (exact) mass is 290 g/mol. The standard InChI is InChI=1S/C13H26N2O3S/c1-12(11-15-7-4-5-8-15)10-14(2)13(16)6-9-19(3,17)18/h12H,4-11H2,1-3H3. The SMILES string of the molecule is CC(CN1CCCC1)CN(C)C(=O)CCS(C)(=O)=O. The van der Waals surface area contributed by atoms with E-state index in [2.05, 4.69) is 11.8 Å². The molecule has 19 heavy (non-hydrogen) atoms. The summed E-state index contributed by atoms with van der Waals surface area (Å²) in [5.74, 6) is 0.278. The fourth-order valence-electron chi connectivity index (χ4n) is 2.50. The Bertz CT molecular complexity index is 389. The van der Waals surface area contributed by atoms with Crippen LogP contribution in [-0.4, -0.2) is 69.4 Å². The highest BCUT2D eigenvalue weighted by atomic mass is 32.2. The van der Waals surface area contributed by atoms with Gasteiger partial charge in [-0.05, 0) is 31.8 Å². The molecule has 1 heterocycles. The molecule has 0 spiro atoms. The Morgan fingerprint density at radius 3 is 2.42 bits per heavy atom. The lowest BCUT2D eigenvalue weighted by Gasteiger charge is -2.25. The first-order valence-corrected chi connectivity index (χ1v) is 8.98. The van der Waals surface area contributed by atoms with E-state index in [1.165, 1.54) is 12.8 Å². The number of hydrogen-bond acceptors (Lipinski definition) is 4. The molecule has 1 saturated heterocycles. The summed E-state index contributed by atoms with van der Waals surface area (Å²) in [5.41, 5.74) is 0. The van der Waals surface area contributed by atoms with Crippen LogP contribution in [0.3, 0.4) is 0 Å². The summed E-state index contributed by atoms with van der Waals surface area (Å²) in [6, 6.07) is 0. The van der Waals surface area contributed by atoms with E-state index < -0.39 is 9.84 Å². The van der Waals surface area contributed by atoms with E-state index in [-0.39, 0.29) is 18.1 Å². The molecule has 6 heteroatoms. The van der Waals surface area contributed by atoms with Crippen LogP contribution >= 0.6 is 0 Å². The molecule has 1 aliphatic heterocycles. The predicted octanol–water partition coefficient (Wildman–Crippen LogP) is 0.611. The van der Waals surface area contributed by atoms with Crippen LogP contribution in [0.1, 0.15) is 26.2 Å². The maximum atomic E-state index is 11.8. The number of nitrogens with zero attached hydrogens (tertiary/aromatic N) is 2. The highest BCUT2D eigenvalue weighted by Gasteiger charge is 2.18. The molecule has 0 N–H and O–H groups in total. The van der Waals surface area contributed by atoms with Gasteiger partial charge in [0.05, 0.1) is 5.75 Å². The molecule has 0 aliphatic carbocycles. The Balaban J connectivity index is 2.28. The molecule has 0 bridgehead atoms. The third kappa shape index (κ3) is 6.92. The van der Waals surface area contributed by atoms with E-state index in [4.69, 9.17) is 0 Å². The van der Waals surface area contributed by atoms with E-state index in [0.29, 0.717) is 12.5 Å². The fraction of sp³-hybridized carbons (Fsp3) is 0.923. The van der Waals surface area contributed by atoms with Crippen LogP contribution in [0.25, 0.3) is 0 Å². The predicted molar refractivity (Wildman–Crippen MR) is 76.8 cm³/mol. The normalized spacial score (nSPS) is 18.5. The molecule has 112 valence electrons. The molecular formula is C13H26N2O3S. The molecule has 1 rings (SSSR count). The van der Waals surface area contributed by atoms with Crippen LogP contribution in [0.2, 0.25) is 0 Å². The van der Waals surface area contributed by atoms with Crippen LogP contribution in [0.15, 0.2) is 0 Å². The summed E-state index contributed by atoms with van der Waals surface area (Å²) < 4.78 is 22.1. The zero-order valence-corrected chi connectivity index (χ0v) is 13.1. The van der Waals surface area contributed by atoms with E-state index >= 15 is 0 Å². The highest BCUT2D eigenvalue weighted by Crippen LogP contribution is 2.11. The molecule has 1 atom stereocenters. The second-order valence-corrected chi connectivity index (χ2v) is 8.03. The van der Waals surface area contributed by atoms with Gasteiger partial charge < -0.3 is 9.80 Å². The minimum Gasteiger partial charge on any atom is -0.345 e. The molecule has 0 radical (unpaired) electrons. The quantitative estimate of drug-likeness (QED) is 0.689. The summed E-state index contributed by atoms with van der Waals surface area (Å²) in [6.07, 6.45) is 3.80. The molecular weight excluding hydrogens is 264 g/mol. The van der Waals surface area contributed by atoms with Gasteiger partial charge in [0.15, 0.2) is 0 Å². The van der Waals surface area contributed by atoms with Gasteiger partial charge in [0.1, 0.15) is 9.84 Å². The number of rotatable bonds is 7. The van der Waals surface area contributed by atoms with Crippen LogP contribution < -0.4 is 0 Å². The fourth-order valence-corrected chi connectivity index (χ4v) is 3.04.